The maximum Gasteiger partial charge on any atom is 0.188 e. The van der Waals surface area contributed by atoms with Crippen molar-refractivity contribution >= 4 is 21.9 Å². The molecule has 0 radical (unpaired) electrons. The van der Waals surface area contributed by atoms with Crippen LogP contribution >= 0.6 is 15.9 Å². The molecule has 3 N–H and O–H groups in total. The highest BCUT2D eigenvalue weighted by Crippen LogP contribution is 2.15. The third-order valence-electron chi connectivity index (χ3n) is 2.33. The van der Waals surface area contributed by atoms with Crippen molar-refractivity contribution in [3.63, 3.8) is 0 Å². The maximum atomic E-state index is 13.4. The van der Waals surface area contributed by atoms with Crippen LogP contribution in [0.4, 0.5) is 4.39 Å². The number of benzene rings is 1. The van der Waals surface area contributed by atoms with E-state index in [0.717, 1.165) is 4.47 Å². The van der Waals surface area contributed by atoms with Crippen LogP contribution in [-0.2, 0) is 6.42 Å². The standard InChI is InChI=1S/C13H19BrFN3/c1-9(2)8-18-13(16)17-6-5-10-7-11(14)3-4-12(10)15/h3-4,7,9H,5-6,8H2,1-2H3,(H3,16,17,18). The molecule has 0 aliphatic rings. The Balaban J connectivity index is 2.42. The minimum atomic E-state index is -0.197. The van der Waals surface area contributed by atoms with Crippen LogP contribution in [0.2, 0.25) is 0 Å². The Hall–Kier alpha value is -1.10. The second kappa shape index (κ2) is 7.36. The van der Waals surface area contributed by atoms with Crippen molar-refractivity contribution in [2.45, 2.75) is 20.3 Å². The van der Waals surface area contributed by atoms with Gasteiger partial charge in [0.2, 0.25) is 0 Å². The molecular weight excluding hydrogens is 297 g/mol. The van der Waals surface area contributed by atoms with Crippen molar-refractivity contribution in [2.75, 3.05) is 13.1 Å². The van der Waals surface area contributed by atoms with E-state index in [9.17, 15) is 4.39 Å². The molecule has 3 nitrogen and oxygen atoms in total. The Labute approximate surface area is 116 Å². The van der Waals surface area contributed by atoms with Crippen molar-refractivity contribution in [1.82, 2.24) is 5.32 Å². The summed E-state index contributed by atoms with van der Waals surface area (Å²) >= 11 is 3.32. The molecule has 0 aliphatic carbocycles. The van der Waals surface area contributed by atoms with E-state index < -0.39 is 0 Å². The Morgan fingerprint density at radius 2 is 2.22 bits per heavy atom. The summed E-state index contributed by atoms with van der Waals surface area (Å²) in [5.41, 5.74) is 6.35. The predicted octanol–water partition coefficient (Wildman–Crippen LogP) is 2.69. The Kier molecular flexibility index (Phi) is 6.12. The van der Waals surface area contributed by atoms with Crippen molar-refractivity contribution in [3.05, 3.63) is 34.1 Å². The zero-order valence-corrected chi connectivity index (χ0v) is 12.3. The second-order valence-corrected chi connectivity index (χ2v) is 5.45. The van der Waals surface area contributed by atoms with E-state index in [0.29, 0.717) is 37.0 Å². The number of guanidine groups is 1. The lowest BCUT2D eigenvalue weighted by Gasteiger charge is -2.07. The average molecular weight is 316 g/mol. The quantitative estimate of drug-likeness (QED) is 0.648. The number of hydrogen-bond acceptors (Lipinski definition) is 1. The zero-order valence-electron chi connectivity index (χ0n) is 10.7. The molecule has 1 rings (SSSR count). The fourth-order valence-corrected chi connectivity index (χ4v) is 1.81. The minimum absolute atomic E-state index is 0.197. The van der Waals surface area contributed by atoms with E-state index in [-0.39, 0.29) is 5.82 Å². The maximum absolute atomic E-state index is 13.4. The third-order valence-corrected chi connectivity index (χ3v) is 2.83. The van der Waals surface area contributed by atoms with Crippen LogP contribution in [0.15, 0.2) is 27.7 Å². The van der Waals surface area contributed by atoms with Gasteiger partial charge in [-0.05, 0) is 36.1 Å². The van der Waals surface area contributed by atoms with E-state index in [1.54, 1.807) is 12.1 Å². The fraction of sp³-hybridized carbons (Fsp3) is 0.462. The lowest BCUT2D eigenvalue weighted by atomic mass is 10.1. The smallest absolute Gasteiger partial charge is 0.188 e. The van der Waals surface area contributed by atoms with E-state index in [4.69, 9.17) is 5.73 Å². The lowest BCUT2D eigenvalue weighted by Crippen LogP contribution is -2.33. The van der Waals surface area contributed by atoms with E-state index >= 15 is 0 Å². The fourth-order valence-electron chi connectivity index (χ4n) is 1.40. The lowest BCUT2D eigenvalue weighted by molar-refractivity contribution is 0.606. The van der Waals surface area contributed by atoms with Gasteiger partial charge >= 0.3 is 0 Å². The van der Waals surface area contributed by atoms with Crippen LogP contribution in [0.5, 0.6) is 0 Å². The monoisotopic (exact) mass is 315 g/mol. The Morgan fingerprint density at radius 3 is 2.89 bits per heavy atom. The number of aliphatic imine (C=N–C) groups is 1. The molecule has 0 bridgehead atoms. The molecule has 0 heterocycles. The molecule has 0 saturated carbocycles. The van der Waals surface area contributed by atoms with Gasteiger partial charge in [0.05, 0.1) is 0 Å². The van der Waals surface area contributed by atoms with Crippen LogP contribution in [0.1, 0.15) is 19.4 Å². The zero-order chi connectivity index (χ0) is 13.5. The van der Waals surface area contributed by atoms with Crippen LogP contribution in [0, 0.1) is 11.7 Å². The topological polar surface area (TPSA) is 50.4 Å². The van der Waals surface area contributed by atoms with Gasteiger partial charge in [-0.3, -0.25) is 4.99 Å². The number of nitrogens with two attached hydrogens (primary N) is 1. The third kappa shape index (κ3) is 5.49. The van der Waals surface area contributed by atoms with Gasteiger partial charge in [-0.15, -0.1) is 0 Å². The van der Waals surface area contributed by atoms with E-state index in [1.807, 2.05) is 0 Å². The van der Waals surface area contributed by atoms with Gasteiger partial charge in [0.15, 0.2) is 5.96 Å². The molecule has 0 fully saturated rings. The molecule has 1 aromatic rings. The summed E-state index contributed by atoms with van der Waals surface area (Å²) in [4.78, 5) is 4.18. The van der Waals surface area contributed by atoms with Gasteiger partial charge in [-0.2, -0.15) is 0 Å². The summed E-state index contributed by atoms with van der Waals surface area (Å²) in [6.45, 7) is 5.42. The number of nitrogens with one attached hydrogen (secondary N) is 1. The summed E-state index contributed by atoms with van der Waals surface area (Å²) in [6, 6.07) is 4.92. The summed E-state index contributed by atoms with van der Waals surface area (Å²) in [5.74, 6) is 0.699. The molecule has 1 aromatic carbocycles. The van der Waals surface area contributed by atoms with Crippen LogP contribution in [-0.4, -0.2) is 19.0 Å². The van der Waals surface area contributed by atoms with Crippen LogP contribution in [0.25, 0.3) is 0 Å². The molecule has 0 unspecified atom stereocenters. The van der Waals surface area contributed by atoms with Crippen molar-refractivity contribution in [3.8, 4) is 0 Å². The van der Waals surface area contributed by atoms with Crippen LogP contribution < -0.4 is 11.1 Å². The van der Waals surface area contributed by atoms with Gasteiger partial charge in [0, 0.05) is 17.6 Å². The molecule has 0 aliphatic heterocycles. The Bertz CT molecular complexity index is 419. The highest BCUT2D eigenvalue weighted by atomic mass is 79.9. The molecule has 0 atom stereocenters. The number of halogens is 2. The normalized spacial score (nSPS) is 11.9. The highest BCUT2D eigenvalue weighted by molar-refractivity contribution is 9.10. The van der Waals surface area contributed by atoms with E-state index in [2.05, 4.69) is 40.1 Å². The molecule has 0 saturated heterocycles. The van der Waals surface area contributed by atoms with Crippen LogP contribution in [0.3, 0.4) is 0 Å². The predicted molar refractivity (Wildman–Crippen MR) is 77.1 cm³/mol. The first-order valence-electron chi connectivity index (χ1n) is 5.96. The first-order valence-corrected chi connectivity index (χ1v) is 6.76. The molecule has 0 aromatic heterocycles. The van der Waals surface area contributed by atoms with E-state index in [1.165, 1.54) is 6.07 Å². The molecule has 0 spiro atoms. The second-order valence-electron chi connectivity index (χ2n) is 4.53. The molecular formula is C13H19BrFN3. The molecule has 100 valence electrons. The highest BCUT2D eigenvalue weighted by Gasteiger charge is 2.02. The van der Waals surface area contributed by atoms with Gasteiger partial charge in [0.25, 0.3) is 0 Å². The summed E-state index contributed by atoms with van der Waals surface area (Å²) in [5, 5.41) is 2.98. The largest absolute Gasteiger partial charge is 0.370 e. The summed E-state index contributed by atoms with van der Waals surface area (Å²) < 4.78 is 14.3. The molecule has 0 amide bonds. The summed E-state index contributed by atoms with van der Waals surface area (Å²) in [7, 11) is 0. The van der Waals surface area contributed by atoms with Gasteiger partial charge in [-0.1, -0.05) is 29.8 Å². The number of hydrogen-bond donors (Lipinski definition) is 2. The SMILES string of the molecule is CC(C)CN=C(N)NCCc1cc(Br)ccc1F. The van der Waals surface area contributed by atoms with Gasteiger partial charge < -0.3 is 11.1 Å². The number of rotatable bonds is 5. The molecule has 5 heteroatoms. The summed E-state index contributed by atoms with van der Waals surface area (Å²) in [6.07, 6.45) is 0.573. The van der Waals surface area contributed by atoms with Crippen molar-refractivity contribution in [2.24, 2.45) is 16.6 Å². The molecule has 18 heavy (non-hydrogen) atoms. The first kappa shape index (κ1) is 15.0. The van der Waals surface area contributed by atoms with Gasteiger partial charge in [-0.25, -0.2) is 4.39 Å². The minimum Gasteiger partial charge on any atom is -0.370 e. The van der Waals surface area contributed by atoms with Crippen molar-refractivity contribution < 1.29 is 4.39 Å². The first-order chi connectivity index (χ1) is 8.49. The van der Waals surface area contributed by atoms with Gasteiger partial charge in [0.1, 0.15) is 5.82 Å². The average Bonchev–Trinajstić information content (AvgIpc) is 2.31. The number of nitrogens with zero attached hydrogens (tertiary/aromatic N) is 1. The Morgan fingerprint density at radius 1 is 1.50 bits per heavy atom. The van der Waals surface area contributed by atoms with Crippen molar-refractivity contribution in [1.29, 1.82) is 0 Å².